The van der Waals surface area contributed by atoms with Crippen molar-refractivity contribution in [2.24, 2.45) is 5.73 Å². The maximum absolute atomic E-state index is 9.27. The molecule has 0 aromatic carbocycles. The maximum atomic E-state index is 9.27. The summed E-state index contributed by atoms with van der Waals surface area (Å²) in [5, 5.41) is 13.1. The number of hydrogen-bond acceptors (Lipinski definition) is 6. The highest BCUT2D eigenvalue weighted by molar-refractivity contribution is 5.27. The molecule has 0 saturated carbocycles. The van der Waals surface area contributed by atoms with Crippen LogP contribution in [0.2, 0.25) is 0 Å². The van der Waals surface area contributed by atoms with E-state index in [1.165, 1.54) is 0 Å². The first-order chi connectivity index (χ1) is 7.10. The minimum absolute atomic E-state index is 0.270. The molecule has 6 heteroatoms. The third kappa shape index (κ3) is 2.66. The van der Waals surface area contributed by atoms with Crippen LogP contribution >= 0.6 is 0 Å². The first-order valence-corrected chi connectivity index (χ1v) is 5.12. The van der Waals surface area contributed by atoms with Crippen LogP contribution in [0.3, 0.4) is 0 Å². The van der Waals surface area contributed by atoms with Crippen molar-refractivity contribution in [1.82, 2.24) is 10.1 Å². The van der Waals surface area contributed by atoms with Crippen LogP contribution in [0.15, 0.2) is 4.52 Å². The Morgan fingerprint density at radius 2 is 2.07 bits per heavy atom. The van der Waals surface area contributed by atoms with Crippen LogP contribution in [0.5, 0.6) is 0 Å². The van der Waals surface area contributed by atoms with Gasteiger partial charge in [-0.05, 0) is 25.9 Å². The predicted octanol–water partition coefficient (Wildman–Crippen LogP) is 0.296. The van der Waals surface area contributed by atoms with Crippen molar-refractivity contribution in [2.75, 3.05) is 18.0 Å². The van der Waals surface area contributed by atoms with Crippen LogP contribution in [0.1, 0.15) is 32.7 Å². The molecule has 86 valence electrons. The molecule has 3 N–H and O–H groups in total. The summed E-state index contributed by atoms with van der Waals surface area (Å²) in [7, 11) is 0. The number of nitrogens with two attached hydrogens (primary N) is 1. The van der Waals surface area contributed by atoms with E-state index >= 15 is 0 Å². The van der Waals surface area contributed by atoms with Crippen molar-refractivity contribution in [3.05, 3.63) is 5.89 Å². The third-order valence-corrected chi connectivity index (χ3v) is 2.28. The lowest BCUT2D eigenvalue weighted by molar-refractivity contribution is 0.146. The fourth-order valence-corrected chi connectivity index (χ4v) is 1.20. The standard InChI is InChI=1S/C9H18N4O2/c1-4-13(5-2)9-11-8(15-12-9)7(10)6(3)14/h6-7,14H,4-5,10H2,1-3H3/t6-,7+/m1/s1. The molecule has 0 saturated heterocycles. The molecule has 1 rings (SSSR count). The predicted molar refractivity (Wildman–Crippen MR) is 56.5 cm³/mol. The highest BCUT2D eigenvalue weighted by Gasteiger charge is 2.20. The Kier molecular flexibility index (Phi) is 4.05. The zero-order valence-electron chi connectivity index (χ0n) is 9.34. The second-order valence-corrected chi connectivity index (χ2v) is 3.37. The summed E-state index contributed by atoms with van der Waals surface area (Å²) in [4.78, 5) is 6.08. The molecule has 0 fully saturated rings. The molecule has 0 aliphatic carbocycles. The zero-order valence-corrected chi connectivity index (χ0v) is 9.34. The van der Waals surface area contributed by atoms with E-state index in [9.17, 15) is 5.11 Å². The van der Waals surface area contributed by atoms with E-state index in [1.54, 1.807) is 6.92 Å². The quantitative estimate of drug-likeness (QED) is 0.732. The molecule has 1 aromatic rings. The smallest absolute Gasteiger partial charge is 0.266 e. The number of anilines is 1. The van der Waals surface area contributed by atoms with E-state index in [-0.39, 0.29) is 5.89 Å². The number of nitrogens with zero attached hydrogens (tertiary/aromatic N) is 3. The normalized spacial score (nSPS) is 15.0. The van der Waals surface area contributed by atoms with Crippen LogP contribution in [-0.2, 0) is 0 Å². The van der Waals surface area contributed by atoms with Crippen molar-refractivity contribution < 1.29 is 9.63 Å². The van der Waals surface area contributed by atoms with Gasteiger partial charge in [0.05, 0.1) is 6.10 Å². The van der Waals surface area contributed by atoms with Crippen LogP contribution < -0.4 is 10.6 Å². The first-order valence-electron chi connectivity index (χ1n) is 5.12. The number of rotatable bonds is 5. The average Bonchev–Trinajstić information content (AvgIpc) is 2.67. The summed E-state index contributed by atoms with van der Waals surface area (Å²) in [6.07, 6.45) is -0.699. The second-order valence-electron chi connectivity index (χ2n) is 3.37. The van der Waals surface area contributed by atoms with Crippen LogP contribution in [0.25, 0.3) is 0 Å². The Hall–Kier alpha value is -1.14. The summed E-state index contributed by atoms with van der Waals surface area (Å²) in [6.45, 7) is 7.22. The molecule has 0 amide bonds. The van der Waals surface area contributed by atoms with Crippen molar-refractivity contribution in [1.29, 1.82) is 0 Å². The number of aliphatic hydroxyl groups is 1. The van der Waals surface area contributed by atoms with Gasteiger partial charge in [-0.2, -0.15) is 4.98 Å². The molecule has 0 aliphatic rings. The Balaban J connectivity index is 2.79. The van der Waals surface area contributed by atoms with Gasteiger partial charge >= 0.3 is 0 Å². The molecular formula is C9H18N4O2. The molecular weight excluding hydrogens is 196 g/mol. The molecule has 0 unspecified atom stereocenters. The van der Waals surface area contributed by atoms with Crippen molar-refractivity contribution in [2.45, 2.75) is 32.9 Å². The SMILES string of the molecule is CCN(CC)c1noc([C@@H](N)[C@@H](C)O)n1. The monoisotopic (exact) mass is 214 g/mol. The van der Waals surface area contributed by atoms with Crippen LogP contribution in [-0.4, -0.2) is 34.4 Å². The van der Waals surface area contributed by atoms with E-state index in [0.717, 1.165) is 13.1 Å². The molecule has 0 radical (unpaired) electrons. The fourth-order valence-electron chi connectivity index (χ4n) is 1.20. The van der Waals surface area contributed by atoms with Gasteiger partial charge in [-0.1, -0.05) is 0 Å². The lowest BCUT2D eigenvalue weighted by Gasteiger charge is -2.14. The van der Waals surface area contributed by atoms with Gasteiger partial charge in [-0.15, -0.1) is 0 Å². The number of aromatic nitrogens is 2. The maximum Gasteiger partial charge on any atom is 0.266 e. The van der Waals surface area contributed by atoms with E-state index in [0.29, 0.717) is 5.95 Å². The van der Waals surface area contributed by atoms with E-state index in [1.807, 2.05) is 18.7 Å². The largest absolute Gasteiger partial charge is 0.391 e. The molecule has 1 aromatic heterocycles. The Morgan fingerprint density at radius 1 is 1.47 bits per heavy atom. The molecule has 0 aliphatic heterocycles. The van der Waals surface area contributed by atoms with E-state index in [2.05, 4.69) is 10.1 Å². The molecule has 1 heterocycles. The second kappa shape index (κ2) is 5.09. The van der Waals surface area contributed by atoms with Gasteiger partial charge in [0, 0.05) is 13.1 Å². The molecule has 0 bridgehead atoms. The van der Waals surface area contributed by atoms with Gasteiger partial charge in [0.25, 0.3) is 5.95 Å². The lowest BCUT2D eigenvalue weighted by Crippen LogP contribution is -2.25. The summed E-state index contributed by atoms with van der Waals surface area (Å²) < 4.78 is 4.98. The third-order valence-electron chi connectivity index (χ3n) is 2.28. The topological polar surface area (TPSA) is 88.4 Å². The molecule has 15 heavy (non-hydrogen) atoms. The van der Waals surface area contributed by atoms with Gasteiger partial charge in [0.1, 0.15) is 6.04 Å². The van der Waals surface area contributed by atoms with Gasteiger partial charge in [-0.3, -0.25) is 0 Å². The Bertz CT molecular complexity index is 280. The van der Waals surface area contributed by atoms with Crippen LogP contribution in [0, 0.1) is 0 Å². The van der Waals surface area contributed by atoms with Gasteiger partial charge in [0.15, 0.2) is 0 Å². The van der Waals surface area contributed by atoms with Gasteiger partial charge in [0.2, 0.25) is 5.89 Å². The molecule has 2 atom stereocenters. The highest BCUT2D eigenvalue weighted by atomic mass is 16.5. The van der Waals surface area contributed by atoms with Gasteiger partial charge < -0.3 is 20.3 Å². The average molecular weight is 214 g/mol. The Labute approximate surface area is 89.1 Å². The first kappa shape index (κ1) is 11.9. The van der Waals surface area contributed by atoms with Crippen LogP contribution in [0.4, 0.5) is 5.95 Å². The highest BCUT2D eigenvalue weighted by Crippen LogP contribution is 2.15. The van der Waals surface area contributed by atoms with Crippen molar-refractivity contribution in [3.63, 3.8) is 0 Å². The number of aliphatic hydroxyl groups excluding tert-OH is 1. The minimum atomic E-state index is -0.699. The van der Waals surface area contributed by atoms with Crippen molar-refractivity contribution in [3.8, 4) is 0 Å². The minimum Gasteiger partial charge on any atom is -0.391 e. The van der Waals surface area contributed by atoms with Crippen molar-refractivity contribution >= 4 is 5.95 Å². The van der Waals surface area contributed by atoms with Gasteiger partial charge in [-0.25, -0.2) is 0 Å². The Morgan fingerprint density at radius 3 is 2.53 bits per heavy atom. The lowest BCUT2D eigenvalue weighted by atomic mass is 10.2. The summed E-state index contributed by atoms with van der Waals surface area (Å²) in [5.41, 5.74) is 5.67. The molecule has 6 nitrogen and oxygen atoms in total. The van der Waals surface area contributed by atoms with E-state index in [4.69, 9.17) is 10.3 Å². The number of hydrogen-bond donors (Lipinski definition) is 2. The summed E-state index contributed by atoms with van der Waals surface area (Å²) >= 11 is 0. The summed E-state index contributed by atoms with van der Waals surface area (Å²) in [6, 6.07) is -0.623. The molecule has 0 spiro atoms. The zero-order chi connectivity index (χ0) is 11.4. The summed E-state index contributed by atoms with van der Waals surface area (Å²) in [5.74, 6) is 0.790. The fraction of sp³-hybridized carbons (Fsp3) is 0.778. The van der Waals surface area contributed by atoms with E-state index < -0.39 is 12.1 Å².